The Labute approximate surface area is 131 Å². The number of benzene rings is 2. The van der Waals surface area contributed by atoms with E-state index in [-0.39, 0.29) is 15.8 Å². The molecule has 2 N–H and O–H groups in total. The normalized spacial score (nSPS) is 11.9. The molecule has 1 atom stereocenters. The van der Waals surface area contributed by atoms with Crippen molar-refractivity contribution in [2.75, 3.05) is 0 Å². The summed E-state index contributed by atoms with van der Waals surface area (Å²) < 4.78 is 5.58. The van der Waals surface area contributed by atoms with Crippen LogP contribution in [0.1, 0.15) is 11.7 Å². The number of primary amides is 1. The van der Waals surface area contributed by atoms with Gasteiger partial charge in [0, 0.05) is 11.6 Å². The average Bonchev–Trinajstić information content (AvgIpc) is 2.42. The van der Waals surface area contributed by atoms with Crippen LogP contribution in [-0.2, 0) is 4.79 Å². The molecule has 2 rings (SSSR count). The number of ether oxygens (including phenoxy) is 1. The molecule has 1 unspecified atom stereocenters. The molecular formula is C14H10Cl3NO2. The van der Waals surface area contributed by atoms with Crippen LogP contribution in [0, 0.1) is 0 Å². The molecule has 0 aliphatic heterocycles. The highest BCUT2D eigenvalue weighted by molar-refractivity contribution is 6.43. The molecule has 0 fully saturated rings. The zero-order valence-corrected chi connectivity index (χ0v) is 12.4. The molecule has 0 saturated heterocycles. The number of hydrogen-bond donors (Lipinski definition) is 1. The van der Waals surface area contributed by atoms with E-state index in [1.54, 1.807) is 24.3 Å². The minimum atomic E-state index is -0.953. The number of nitrogens with two attached hydrogens (primary N) is 1. The van der Waals surface area contributed by atoms with Crippen LogP contribution in [0.15, 0.2) is 42.5 Å². The van der Waals surface area contributed by atoms with Gasteiger partial charge in [0.15, 0.2) is 0 Å². The van der Waals surface area contributed by atoms with E-state index in [4.69, 9.17) is 45.3 Å². The van der Waals surface area contributed by atoms with Gasteiger partial charge in [-0.2, -0.15) is 0 Å². The molecule has 0 heterocycles. The summed E-state index contributed by atoms with van der Waals surface area (Å²) in [4.78, 5) is 11.6. The first-order chi connectivity index (χ1) is 9.49. The Hall–Kier alpha value is -1.42. The zero-order valence-electron chi connectivity index (χ0n) is 10.1. The van der Waals surface area contributed by atoms with Crippen LogP contribution in [0.3, 0.4) is 0 Å². The van der Waals surface area contributed by atoms with Gasteiger partial charge in [0.2, 0.25) is 6.10 Å². The molecule has 0 saturated carbocycles. The predicted octanol–water partition coefficient (Wildman–Crippen LogP) is 4.25. The Bertz CT molecular complexity index is 632. The summed E-state index contributed by atoms with van der Waals surface area (Å²) in [5.41, 5.74) is 6.00. The summed E-state index contributed by atoms with van der Waals surface area (Å²) in [7, 11) is 0. The second-order valence-corrected chi connectivity index (χ2v) is 5.23. The van der Waals surface area contributed by atoms with Crippen LogP contribution in [0.4, 0.5) is 0 Å². The minimum absolute atomic E-state index is 0.244. The Morgan fingerprint density at radius 2 is 1.60 bits per heavy atom. The van der Waals surface area contributed by atoms with Crippen molar-refractivity contribution in [1.29, 1.82) is 0 Å². The predicted molar refractivity (Wildman–Crippen MR) is 80.5 cm³/mol. The molecule has 2 aromatic carbocycles. The van der Waals surface area contributed by atoms with E-state index in [1.807, 2.05) is 6.07 Å². The van der Waals surface area contributed by atoms with Gasteiger partial charge in [0.1, 0.15) is 5.75 Å². The first-order valence-electron chi connectivity index (χ1n) is 5.64. The van der Waals surface area contributed by atoms with Crippen LogP contribution in [-0.4, -0.2) is 5.91 Å². The van der Waals surface area contributed by atoms with Crippen LogP contribution in [0.5, 0.6) is 5.75 Å². The number of hydrogen-bond acceptors (Lipinski definition) is 2. The average molecular weight is 331 g/mol. The van der Waals surface area contributed by atoms with Crippen molar-refractivity contribution < 1.29 is 9.53 Å². The highest BCUT2D eigenvalue weighted by Gasteiger charge is 2.21. The molecule has 6 heteroatoms. The smallest absolute Gasteiger partial charge is 0.263 e. The number of amides is 1. The quantitative estimate of drug-likeness (QED) is 0.852. The Morgan fingerprint density at radius 1 is 1.00 bits per heavy atom. The van der Waals surface area contributed by atoms with Crippen LogP contribution >= 0.6 is 34.8 Å². The Balaban J connectivity index is 2.35. The summed E-state index contributed by atoms with van der Waals surface area (Å²) in [6.45, 7) is 0. The highest BCUT2D eigenvalue weighted by Crippen LogP contribution is 2.36. The summed E-state index contributed by atoms with van der Waals surface area (Å²) in [6.07, 6.45) is -0.953. The van der Waals surface area contributed by atoms with Crippen molar-refractivity contribution in [1.82, 2.24) is 0 Å². The molecule has 0 spiro atoms. The molecule has 1 amide bonds. The fourth-order valence-electron chi connectivity index (χ4n) is 1.64. The third-order valence-electron chi connectivity index (χ3n) is 2.58. The van der Waals surface area contributed by atoms with Gasteiger partial charge >= 0.3 is 0 Å². The molecule has 0 bridgehead atoms. The highest BCUT2D eigenvalue weighted by atomic mass is 35.5. The van der Waals surface area contributed by atoms with Crippen molar-refractivity contribution in [3.63, 3.8) is 0 Å². The summed E-state index contributed by atoms with van der Waals surface area (Å²) in [5.74, 6) is -0.382. The first-order valence-corrected chi connectivity index (χ1v) is 6.78. The lowest BCUT2D eigenvalue weighted by atomic mass is 10.1. The van der Waals surface area contributed by atoms with Crippen molar-refractivity contribution >= 4 is 40.7 Å². The van der Waals surface area contributed by atoms with Gasteiger partial charge in [0.05, 0.1) is 15.1 Å². The van der Waals surface area contributed by atoms with Gasteiger partial charge in [-0.15, -0.1) is 0 Å². The summed E-state index contributed by atoms with van der Waals surface area (Å²) >= 11 is 17.8. The third-order valence-corrected chi connectivity index (χ3v) is 3.60. The van der Waals surface area contributed by atoms with Crippen LogP contribution < -0.4 is 10.5 Å². The second kappa shape index (κ2) is 6.35. The van der Waals surface area contributed by atoms with E-state index >= 15 is 0 Å². The van der Waals surface area contributed by atoms with E-state index in [2.05, 4.69) is 0 Å². The van der Waals surface area contributed by atoms with Crippen molar-refractivity contribution in [2.24, 2.45) is 5.73 Å². The van der Waals surface area contributed by atoms with E-state index in [0.29, 0.717) is 10.6 Å². The first kappa shape index (κ1) is 15.0. The Kier molecular flexibility index (Phi) is 4.76. The van der Waals surface area contributed by atoms with Crippen molar-refractivity contribution in [2.45, 2.75) is 6.10 Å². The van der Waals surface area contributed by atoms with Gasteiger partial charge in [0.25, 0.3) is 5.91 Å². The third kappa shape index (κ3) is 3.37. The summed E-state index contributed by atoms with van der Waals surface area (Å²) in [6, 6.07) is 11.8. The SMILES string of the molecule is NC(=O)C(Oc1cc(Cl)c(Cl)cc1Cl)c1ccccc1. The maximum Gasteiger partial charge on any atom is 0.263 e. The van der Waals surface area contributed by atoms with Gasteiger partial charge in [-0.25, -0.2) is 0 Å². The number of halogens is 3. The lowest BCUT2D eigenvalue weighted by Gasteiger charge is -2.17. The summed E-state index contributed by atoms with van der Waals surface area (Å²) in [5, 5.41) is 0.836. The lowest BCUT2D eigenvalue weighted by molar-refractivity contribution is -0.125. The minimum Gasteiger partial charge on any atom is -0.474 e. The maximum atomic E-state index is 11.6. The molecule has 3 nitrogen and oxygen atoms in total. The topological polar surface area (TPSA) is 52.3 Å². The van der Waals surface area contributed by atoms with E-state index in [9.17, 15) is 4.79 Å². The van der Waals surface area contributed by atoms with Crippen molar-refractivity contribution in [3.8, 4) is 5.75 Å². The van der Waals surface area contributed by atoms with Crippen LogP contribution in [0.2, 0.25) is 15.1 Å². The van der Waals surface area contributed by atoms with Gasteiger partial charge < -0.3 is 10.5 Å². The molecule has 0 aliphatic rings. The molecule has 104 valence electrons. The number of carbonyl (C=O) groups is 1. The zero-order chi connectivity index (χ0) is 14.7. The van der Waals surface area contributed by atoms with Crippen molar-refractivity contribution in [3.05, 3.63) is 63.1 Å². The van der Waals surface area contributed by atoms with Gasteiger partial charge in [-0.3, -0.25) is 4.79 Å². The molecule has 0 aliphatic carbocycles. The molecule has 2 aromatic rings. The van der Waals surface area contributed by atoms with E-state index < -0.39 is 12.0 Å². The van der Waals surface area contributed by atoms with Gasteiger partial charge in [-0.1, -0.05) is 65.1 Å². The number of carbonyl (C=O) groups excluding carboxylic acids is 1. The van der Waals surface area contributed by atoms with Crippen LogP contribution in [0.25, 0.3) is 0 Å². The number of rotatable bonds is 4. The molecule has 0 radical (unpaired) electrons. The Morgan fingerprint density at radius 3 is 2.20 bits per heavy atom. The van der Waals surface area contributed by atoms with E-state index in [0.717, 1.165) is 0 Å². The molecule has 20 heavy (non-hydrogen) atoms. The largest absolute Gasteiger partial charge is 0.474 e. The monoisotopic (exact) mass is 329 g/mol. The second-order valence-electron chi connectivity index (χ2n) is 4.01. The fraction of sp³-hybridized carbons (Fsp3) is 0.0714. The standard InChI is InChI=1S/C14H10Cl3NO2/c15-9-6-11(17)12(7-10(9)16)20-13(14(18)19)8-4-2-1-3-5-8/h1-7,13H,(H2,18,19). The fourth-order valence-corrected chi connectivity index (χ4v) is 2.22. The lowest BCUT2D eigenvalue weighted by Crippen LogP contribution is -2.26. The maximum absolute atomic E-state index is 11.6. The van der Waals surface area contributed by atoms with E-state index in [1.165, 1.54) is 12.1 Å². The molecule has 0 aromatic heterocycles. The molecular weight excluding hydrogens is 321 g/mol. The van der Waals surface area contributed by atoms with Gasteiger partial charge in [-0.05, 0) is 6.07 Å².